The van der Waals surface area contributed by atoms with Gasteiger partial charge in [0.1, 0.15) is 23.4 Å². The molecule has 6 N–H and O–H groups in total. The molecule has 1 aromatic carbocycles. The van der Waals surface area contributed by atoms with Crippen LogP contribution in [0.2, 0.25) is 0 Å². The molecule has 0 radical (unpaired) electrons. The number of ketones is 1. The fourth-order valence-electron chi connectivity index (χ4n) is 4.75. The lowest BCUT2D eigenvalue weighted by Gasteiger charge is -2.49. The Balaban J connectivity index is 0.00000417. The Bertz CT molecular complexity index is 1530. The Labute approximate surface area is 308 Å². The van der Waals surface area contributed by atoms with Crippen LogP contribution < -0.4 is 16.8 Å². The first kappa shape index (κ1) is 42.4. The van der Waals surface area contributed by atoms with Crippen LogP contribution >= 0.6 is 59.9 Å². The minimum atomic E-state index is -1.77. The molecule has 2 aliphatic rings. The van der Waals surface area contributed by atoms with Gasteiger partial charge in [0.15, 0.2) is 16.2 Å². The number of ether oxygens (including phenoxy) is 2. The molecule has 0 spiro atoms. The number of halogens is 2. The van der Waals surface area contributed by atoms with E-state index in [9.17, 15) is 29.1 Å². The molecule has 2 aliphatic heterocycles. The molecule has 19 heteroatoms. The summed E-state index contributed by atoms with van der Waals surface area (Å²) in [5.74, 6) is -2.70. The van der Waals surface area contributed by atoms with Crippen molar-refractivity contribution in [3.63, 3.8) is 0 Å². The zero-order valence-corrected chi connectivity index (χ0v) is 31.1. The number of Topliss-reactive ketones (excluding diaryl/α,β-unsaturated/α-hetero) is 1. The van der Waals surface area contributed by atoms with Gasteiger partial charge in [-0.2, -0.15) is 4.37 Å². The topological polar surface area (TPSA) is 217 Å². The molecule has 2 amide bonds. The highest BCUT2D eigenvalue weighted by atomic mass is 35.5. The van der Waals surface area contributed by atoms with Crippen LogP contribution in [0.4, 0.5) is 0 Å². The maximum absolute atomic E-state index is 13.5. The van der Waals surface area contributed by atoms with Crippen molar-refractivity contribution in [3.8, 4) is 0 Å². The van der Waals surface area contributed by atoms with E-state index in [-0.39, 0.29) is 41.6 Å². The summed E-state index contributed by atoms with van der Waals surface area (Å²) in [4.78, 5) is 70.7. The van der Waals surface area contributed by atoms with E-state index in [1.54, 1.807) is 32.9 Å². The molecule has 0 saturated carbocycles. The zero-order valence-electron chi connectivity index (χ0n) is 27.0. The van der Waals surface area contributed by atoms with E-state index < -0.39 is 65.3 Å². The number of benzene rings is 1. The largest absolute Gasteiger partial charge is 0.427 e. The van der Waals surface area contributed by atoms with Crippen molar-refractivity contribution in [3.05, 3.63) is 53.0 Å². The van der Waals surface area contributed by atoms with E-state index in [1.807, 2.05) is 0 Å². The van der Waals surface area contributed by atoms with Crippen LogP contribution in [0.25, 0.3) is 0 Å². The summed E-state index contributed by atoms with van der Waals surface area (Å²) < 4.78 is 15.0. The number of fused-ring (bicyclic) bond motifs is 1. The number of hydrogen-bond donors (Lipinski definition) is 4. The highest BCUT2D eigenvalue weighted by Crippen LogP contribution is 2.42. The number of β-lactam (4-membered cyclic amide) rings is 1. The average molecular weight is 780 g/mol. The number of rotatable bonds is 15. The third-order valence-corrected chi connectivity index (χ3v) is 10.5. The summed E-state index contributed by atoms with van der Waals surface area (Å²) in [6.45, 7) is 4.81. The van der Waals surface area contributed by atoms with Crippen LogP contribution in [-0.2, 0) is 28.7 Å². The van der Waals surface area contributed by atoms with Gasteiger partial charge < -0.3 is 31.4 Å². The Hall–Kier alpha value is -2.77. The van der Waals surface area contributed by atoms with Crippen molar-refractivity contribution in [1.82, 2.24) is 19.6 Å². The fourth-order valence-corrected chi connectivity index (χ4v) is 7.68. The van der Waals surface area contributed by atoms with Gasteiger partial charge in [-0.25, -0.2) is 9.78 Å². The number of carbonyl (C=O) groups is 5. The minimum absolute atomic E-state index is 0. The van der Waals surface area contributed by atoms with Gasteiger partial charge in [-0.3, -0.25) is 24.1 Å². The van der Waals surface area contributed by atoms with Crippen LogP contribution in [0.15, 0.2) is 46.2 Å². The Morgan fingerprint density at radius 3 is 2.53 bits per heavy atom. The lowest BCUT2D eigenvalue weighted by molar-refractivity contribution is -0.173. The first-order chi connectivity index (χ1) is 22.3. The number of aliphatic hydroxyl groups is 1. The molecule has 4 rings (SSSR count). The predicted molar refractivity (Wildman–Crippen MR) is 190 cm³/mol. The Kier molecular flexibility index (Phi) is 16.4. The van der Waals surface area contributed by atoms with Crippen LogP contribution in [0, 0.1) is 5.41 Å². The molecule has 1 saturated heterocycles. The molecule has 3 heterocycles. The molecule has 49 heavy (non-hydrogen) atoms. The van der Waals surface area contributed by atoms with Gasteiger partial charge in [0.2, 0.25) is 6.79 Å². The maximum atomic E-state index is 13.5. The lowest BCUT2D eigenvalue weighted by atomic mass is 9.93. The molecular formula is C30H40Cl2N6O8S3. The number of nitrogens with two attached hydrogens (primary N) is 2. The molecule has 0 aliphatic carbocycles. The minimum Gasteiger partial charge on any atom is -0.427 e. The van der Waals surface area contributed by atoms with Crippen molar-refractivity contribution in [2.75, 3.05) is 24.8 Å². The summed E-state index contributed by atoms with van der Waals surface area (Å²) in [6, 6.07) is 4.24. The molecule has 4 atom stereocenters. The van der Waals surface area contributed by atoms with E-state index in [2.05, 4.69) is 14.7 Å². The predicted octanol–water partition coefficient (Wildman–Crippen LogP) is 2.59. The number of aromatic nitrogens is 2. The molecule has 14 nitrogen and oxygen atoms in total. The van der Waals surface area contributed by atoms with E-state index in [0.717, 1.165) is 0 Å². The number of esters is 2. The van der Waals surface area contributed by atoms with Gasteiger partial charge in [-0.05, 0) is 57.3 Å². The third kappa shape index (κ3) is 10.4. The maximum Gasteiger partial charge on any atom is 0.357 e. The lowest BCUT2D eigenvalue weighted by Crippen LogP contribution is -2.71. The number of amides is 2. The van der Waals surface area contributed by atoms with Crippen LogP contribution in [0.3, 0.4) is 0 Å². The van der Waals surface area contributed by atoms with Crippen molar-refractivity contribution in [1.29, 1.82) is 0 Å². The standard InChI is InChI=1S/C30H38N6O8S3.2ClH/c1-30(2,3)28(42)44-15-43-27(41)21-16(13-46-29-33-14-34-47-29)12-45-26-20(25(40)36(21)26)35-24(39)23(38)18-9-5-4-8-17(18)22(37)19(32)10-6-7-11-31;;/h4-5,8-9,14,19-20,23,26,38H,6-7,10-13,15,31-32H2,1-3H3,(H,35,39);2*1H/t19-,20?,23?,26-;;/m0../s1. The number of thioether (sulfide) groups is 2. The molecule has 2 unspecified atom stereocenters. The molecular weight excluding hydrogens is 739 g/mol. The fraction of sp³-hybridized carbons (Fsp3) is 0.500. The Morgan fingerprint density at radius 1 is 1.16 bits per heavy atom. The van der Waals surface area contributed by atoms with Gasteiger partial charge in [0.25, 0.3) is 11.8 Å². The first-order valence-electron chi connectivity index (χ1n) is 14.8. The highest BCUT2D eigenvalue weighted by molar-refractivity contribution is 8.01. The normalized spacial score (nSPS) is 18.2. The Morgan fingerprint density at radius 2 is 1.88 bits per heavy atom. The summed E-state index contributed by atoms with van der Waals surface area (Å²) in [5, 5.41) is 12.9. The second-order valence-corrected chi connectivity index (χ2v) is 14.9. The number of carbonyl (C=O) groups excluding carboxylic acids is 5. The van der Waals surface area contributed by atoms with Crippen molar-refractivity contribution in [2.24, 2.45) is 16.9 Å². The summed E-state index contributed by atoms with van der Waals surface area (Å²) in [7, 11) is 0. The van der Waals surface area contributed by atoms with Crippen LogP contribution in [-0.4, -0.2) is 91.2 Å². The monoisotopic (exact) mass is 778 g/mol. The first-order valence-corrected chi connectivity index (χ1v) is 17.6. The van der Waals surface area contributed by atoms with Gasteiger partial charge in [-0.1, -0.05) is 42.4 Å². The number of nitrogens with one attached hydrogen (secondary N) is 1. The van der Waals surface area contributed by atoms with Crippen molar-refractivity contribution >= 4 is 89.4 Å². The number of nitrogens with zero attached hydrogens (tertiary/aromatic N) is 3. The van der Waals surface area contributed by atoms with Gasteiger partial charge in [0, 0.05) is 22.6 Å². The summed E-state index contributed by atoms with van der Waals surface area (Å²) >= 11 is 3.85. The molecule has 2 aromatic rings. The van der Waals surface area contributed by atoms with Crippen LogP contribution in [0.5, 0.6) is 0 Å². The summed E-state index contributed by atoms with van der Waals surface area (Å²) in [6.07, 6.45) is 1.41. The molecule has 1 aromatic heterocycles. The van der Waals surface area contributed by atoms with Crippen molar-refractivity contribution < 1.29 is 38.6 Å². The number of unbranched alkanes of at least 4 members (excludes halogenated alkanes) is 1. The molecule has 0 bridgehead atoms. The number of aliphatic hydroxyl groups excluding tert-OH is 1. The molecule has 1 fully saturated rings. The SMILES string of the molecule is CC(C)(C)C(=O)OCOC(=O)C1=C(CSc2ncns2)CS[C@H]2C(NC(=O)C(O)c3ccccc3C(=O)[C@@H](N)CCCCN)C(=O)N12.Cl.Cl. The zero-order chi connectivity index (χ0) is 34.3. The quantitative estimate of drug-likeness (QED) is 0.0511. The second kappa shape index (κ2) is 19.0. The van der Waals surface area contributed by atoms with Crippen molar-refractivity contribution in [2.45, 2.75) is 67.9 Å². The van der Waals surface area contributed by atoms with E-state index in [1.165, 1.54) is 58.4 Å². The third-order valence-electron chi connectivity index (χ3n) is 7.32. The van der Waals surface area contributed by atoms with E-state index in [4.69, 9.17) is 20.9 Å². The summed E-state index contributed by atoms with van der Waals surface area (Å²) in [5.41, 5.74) is 11.6. The smallest absolute Gasteiger partial charge is 0.357 e. The van der Waals surface area contributed by atoms with Gasteiger partial charge in [-0.15, -0.1) is 36.6 Å². The van der Waals surface area contributed by atoms with Gasteiger partial charge >= 0.3 is 11.9 Å². The molecule has 270 valence electrons. The average Bonchev–Trinajstić information content (AvgIpc) is 3.58. The second-order valence-electron chi connectivity index (χ2n) is 11.8. The van der Waals surface area contributed by atoms with Crippen LogP contribution in [0.1, 0.15) is 62.1 Å². The highest BCUT2D eigenvalue weighted by Gasteiger charge is 2.55. The van der Waals surface area contributed by atoms with E-state index in [0.29, 0.717) is 47.2 Å². The van der Waals surface area contributed by atoms with E-state index >= 15 is 0 Å². The number of hydrogen-bond acceptors (Lipinski definition) is 15. The van der Waals surface area contributed by atoms with Gasteiger partial charge in [0.05, 0.1) is 11.5 Å².